The molecule has 0 aromatic carbocycles. The lowest BCUT2D eigenvalue weighted by Gasteiger charge is -1.92. The van der Waals surface area contributed by atoms with Gasteiger partial charge in [-0.2, -0.15) is 0 Å². The SMILES string of the molecule is CC.CNc1cnccn1. The molecule has 1 aromatic heterocycles. The first-order valence-electron chi connectivity index (χ1n) is 3.37. The highest BCUT2D eigenvalue weighted by Crippen LogP contribution is 1.91. The first kappa shape index (κ1) is 8.88. The number of aromatic nitrogens is 2. The van der Waals surface area contributed by atoms with Crippen molar-refractivity contribution in [3.8, 4) is 0 Å². The van der Waals surface area contributed by atoms with Crippen LogP contribution in [0, 0.1) is 0 Å². The molecule has 1 heterocycles. The minimum Gasteiger partial charge on any atom is -0.372 e. The zero-order valence-electron chi connectivity index (χ0n) is 6.63. The van der Waals surface area contributed by atoms with Gasteiger partial charge in [-0.25, -0.2) is 4.98 Å². The van der Waals surface area contributed by atoms with Crippen LogP contribution in [0.25, 0.3) is 0 Å². The molecule has 0 amide bonds. The molecular weight excluding hydrogens is 126 g/mol. The molecule has 0 spiro atoms. The van der Waals surface area contributed by atoms with Gasteiger partial charge in [-0.05, 0) is 0 Å². The van der Waals surface area contributed by atoms with E-state index >= 15 is 0 Å². The Bertz CT molecular complexity index is 150. The smallest absolute Gasteiger partial charge is 0.144 e. The average Bonchev–Trinajstić information content (AvgIpc) is 2.10. The highest BCUT2D eigenvalue weighted by atomic mass is 15.0. The standard InChI is InChI=1S/C5H7N3.C2H6/c1-6-5-4-7-2-3-8-5;1-2/h2-4H,1H3,(H,6,8);1-2H3. The van der Waals surface area contributed by atoms with E-state index in [-0.39, 0.29) is 0 Å². The number of hydrogen-bond acceptors (Lipinski definition) is 3. The fourth-order valence-corrected chi connectivity index (χ4v) is 0.428. The van der Waals surface area contributed by atoms with Gasteiger partial charge in [0.1, 0.15) is 5.82 Å². The second-order valence-electron chi connectivity index (χ2n) is 1.34. The normalized spacial score (nSPS) is 7.50. The van der Waals surface area contributed by atoms with Crippen molar-refractivity contribution < 1.29 is 0 Å². The van der Waals surface area contributed by atoms with E-state index in [0.717, 1.165) is 5.82 Å². The van der Waals surface area contributed by atoms with Gasteiger partial charge in [0.2, 0.25) is 0 Å². The summed E-state index contributed by atoms with van der Waals surface area (Å²) in [5, 5.41) is 2.85. The highest BCUT2D eigenvalue weighted by Gasteiger charge is 1.80. The number of rotatable bonds is 1. The summed E-state index contributed by atoms with van der Waals surface area (Å²) in [4.78, 5) is 7.75. The van der Waals surface area contributed by atoms with Crippen molar-refractivity contribution in [3.05, 3.63) is 18.6 Å². The van der Waals surface area contributed by atoms with Crippen molar-refractivity contribution in [3.63, 3.8) is 0 Å². The van der Waals surface area contributed by atoms with Crippen LogP contribution >= 0.6 is 0 Å². The Labute approximate surface area is 61.5 Å². The minimum absolute atomic E-state index is 0.799. The van der Waals surface area contributed by atoms with Crippen LogP contribution in [0.2, 0.25) is 0 Å². The zero-order chi connectivity index (χ0) is 7.82. The largest absolute Gasteiger partial charge is 0.372 e. The van der Waals surface area contributed by atoms with Gasteiger partial charge in [0, 0.05) is 19.4 Å². The number of nitrogens with zero attached hydrogens (tertiary/aromatic N) is 2. The fraction of sp³-hybridized carbons (Fsp3) is 0.429. The second kappa shape index (κ2) is 6.01. The van der Waals surface area contributed by atoms with Crippen molar-refractivity contribution in [2.45, 2.75) is 13.8 Å². The molecule has 3 nitrogen and oxygen atoms in total. The molecule has 1 N–H and O–H groups in total. The van der Waals surface area contributed by atoms with Crippen molar-refractivity contribution in [2.24, 2.45) is 0 Å². The Hall–Kier alpha value is -1.12. The lowest BCUT2D eigenvalue weighted by atomic mass is 10.7. The van der Waals surface area contributed by atoms with Gasteiger partial charge in [-0.15, -0.1) is 0 Å². The molecule has 0 atom stereocenters. The van der Waals surface area contributed by atoms with E-state index in [0.29, 0.717) is 0 Å². The third kappa shape index (κ3) is 3.02. The molecule has 10 heavy (non-hydrogen) atoms. The highest BCUT2D eigenvalue weighted by molar-refractivity contribution is 5.27. The third-order valence-corrected chi connectivity index (χ3v) is 0.819. The lowest BCUT2D eigenvalue weighted by molar-refractivity contribution is 1.19. The van der Waals surface area contributed by atoms with Crippen molar-refractivity contribution in [1.82, 2.24) is 9.97 Å². The number of anilines is 1. The number of hydrogen-bond donors (Lipinski definition) is 1. The summed E-state index contributed by atoms with van der Waals surface area (Å²) in [5.41, 5.74) is 0. The maximum absolute atomic E-state index is 3.92. The van der Waals surface area contributed by atoms with E-state index in [2.05, 4.69) is 15.3 Å². The fourth-order valence-electron chi connectivity index (χ4n) is 0.428. The Balaban J connectivity index is 0.000000371. The van der Waals surface area contributed by atoms with E-state index in [1.54, 1.807) is 18.6 Å². The summed E-state index contributed by atoms with van der Waals surface area (Å²) in [6.45, 7) is 4.00. The van der Waals surface area contributed by atoms with Crippen LogP contribution in [0.1, 0.15) is 13.8 Å². The summed E-state index contributed by atoms with van der Waals surface area (Å²) in [7, 11) is 1.81. The van der Waals surface area contributed by atoms with E-state index in [1.165, 1.54) is 0 Å². The van der Waals surface area contributed by atoms with Gasteiger partial charge in [-0.3, -0.25) is 4.98 Å². The van der Waals surface area contributed by atoms with Crippen LogP contribution in [0.3, 0.4) is 0 Å². The molecule has 0 saturated heterocycles. The maximum Gasteiger partial charge on any atom is 0.144 e. The molecule has 0 bridgehead atoms. The zero-order valence-corrected chi connectivity index (χ0v) is 6.63. The van der Waals surface area contributed by atoms with Crippen molar-refractivity contribution in [2.75, 3.05) is 12.4 Å². The van der Waals surface area contributed by atoms with Crippen LogP contribution in [0.15, 0.2) is 18.6 Å². The monoisotopic (exact) mass is 139 g/mol. The molecule has 0 aliphatic carbocycles. The van der Waals surface area contributed by atoms with Crippen LogP contribution in [0.4, 0.5) is 5.82 Å². The van der Waals surface area contributed by atoms with Crippen LogP contribution in [-0.2, 0) is 0 Å². The molecule has 1 rings (SSSR count). The molecule has 0 unspecified atom stereocenters. The van der Waals surface area contributed by atoms with Gasteiger partial charge in [0.25, 0.3) is 0 Å². The van der Waals surface area contributed by atoms with Gasteiger partial charge in [-0.1, -0.05) is 13.8 Å². The van der Waals surface area contributed by atoms with E-state index in [9.17, 15) is 0 Å². The molecule has 0 fully saturated rings. The van der Waals surface area contributed by atoms with Crippen molar-refractivity contribution >= 4 is 5.82 Å². The summed E-state index contributed by atoms with van der Waals surface area (Å²) < 4.78 is 0. The summed E-state index contributed by atoms with van der Waals surface area (Å²) >= 11 is 0. The minimum atomic E-state index is 0.799. The van der Waals surface area contributed by atoms with Crippen molar-refractivity contribution in [1.29, 1.82) is 0 Å². The van der Waals surface area contributed by atoms with Crippen LogP contribution in [-0.4, -0.2) is 17.0 Å². The van der Waals surface area contributed by atoms with Gasteiger partial charge >= 0.3 is 0 Å². The molecule has 1 aromatic rings. The maximum atomic E-state index is 3.92. The quantitative estimate of drug-likeness (QED) is 0.641. The number of nitrogens with one attached hydrogen (secondary N) is 1. The Morgan fingerprint density at radius 3 is 2.30 bits per heavy atom. The molecule has 0 saturated carbocycles. The summed E-state index contributed by atoms with van der Waals surface area (Å²) in [6.07, 6.45) is 4.95. The molecule has 0 aliphatic rings. The Morgan fingerprint density at radius 2 is 2.00 bits per heavy atom. The lowest BCUT2D eigenvalue weighted by Crippen LogP contribution is -1.90. The Morgan fingerprint density at radius 1 is 1.30 bits per heavy atom. The Kier molecular flexibility index (Phi) is 5.33. The first-order valence-corrected chi connectivity index (χ1v) is 3.37. The van der Waals surface area contributed by atoms with E-state index < -0.39 is 0 Å². The third-order valence-electron chi connectivity index (χ3n) is 0.819. The first-order chi connectivity index (χ1) is 4.93. The molecule has 56 valence electrons. The molecule has 0 aliphatic heterocycles. The molecular formula is C7H13N3. The van der Waals surface area contributed by atoms with Gasteiger partial charge < -0.3 is 5.32 Å². The van der Waals surface area contributed by atoms with Crippen LogP contribution in [0.5, 0.6) is 0 Å². The second-order valence-corrected chi connectivity index (χ2v) is 1.34. The van der Waals surface area contributed by atoms with E-state index in [4.69, 9.17) is 0 Å². The van der Waals surface area contributed by atoms with Crippen LogP contribution < -0.4 is 5.32 Å². The topological polar surface area (TPSA) is 37.8 Å². The predicted molar refractivity (Wildman–Crippen MR) is 42.9 cm³/mol. The predicted octanol–water partition coefficient (Wildman–Crippen LogP) is 1.54. The molecule has 3 heteroatoms. The van der Waals surface area contributed by atoms with Gasteiger partial charge in [0.05, 0.1) is 6.20 Å². The van der Waals surface area contributed by atoms with Gasteiger partial charge in [0.15, 0.2) is 0 Å². The average molecular weight is 139 g/mol. The summed E-state index contributed by atoms with van der Waals surface area (Å²) in [6, 6.07) is 0. The van der Waals surface area contributed by atoms with E-state index in [1.807, 2.05) is 20.9 Å². The summed E-state index contributed by atoms with van der Waals surface area (Å²) in [5.74, 6) is 0.799. The molecule has 0 radical (unpaired) electrons.